The third-order valence-electron chi connectivity index (χ3n) is 1.63. The Labute approximate surface area is 80.8 Å². The Morgan fingerprint density at radius 3 is 2.86 bits per heavy atom. The number of hydrazine groups is 1. The topological polar surface area (TPSA) is 90.4 Å². The van der Waals surface area contributed by atoms with Crippen molar-refractivity contribution < 1.29 is 9.66 Å². The highest BCUT2D eigenvalue weighted by Crippen LogP contribution is 2.28. The Bertz CT molecular complexity index is 341. The van der Waals surface area contributed by atoms with E-state index in [1.165, 1.54) is 18.2 Å². The van der Waals surface area contributed by atoms with Crippen molar-refractivity contribution >= 4 is 11.4 Å². The number of nitro groups is 1. The number of rotatable bonds is 4. The smallest absolute Gasteiger partial charge is 0.271 e. The van der Waals surface area contributed by atoms with E-state index in [-0.39, 0.29) is 5.69 Å². The first-order valence-electron chi connectivity index (χ1n) is 4.07. The van der Waals surface area contributed by atoms with E-state index in [0.29, 0.717) is 18.0 Å². The fourth-order valence-corrected chi connectivity index (χ4v) is 1.03. The van der Waals surface area contributed by atoms with Crippen LogP contribution in [-0.2, 0) is 0 Å². The lowest BCUT2D eigenvalue weighted by Crippen LogP contribution is -2.09. The fraction of sp³-hybridized carbons (Fsp3) is 0.250. The molecule has 0 atom stereocenters. The van der Waals surface area contributed by atoms with Crippen LogP contribution in [0.4, 0.5) is 11.4 Å². The molecule has 0 aromatic heterocycles. The highest BCUT2D eigenvalue weighted by molar-refractivity contribution is 5.60. The van der Waals surface area contributed by atoms with Crippen LogP contribution < -0.4 is 16.0 Å². The highest BCUT2D eigenvalue weighted by atomic mass is 16.6. The van der Waals surface area contributed by atoms with E-state index in [1.54, 1.807) is 0 Å². The Morgan fingerprint density at radius 1 is 1.64 bits per heavy atom. The van der Waals surface area contributed by atoms with Crippen molar-refractivity contribution in [3.8, 4) is 5.75 Å². The van der Waals surface area contributed by atoms with E-state index in [1.807, 2.05) is 6.92 Å². The molecule has 76 valence electrons. The summed E-state index contributed by atoms with van der Waals surface area (Å²) in [4.78, 5) is 9.94. The Balaban J connectivity index is 3.04. The Kier molecular flexibility index (Phi) is 3.24. The summed E-state index contributed by atoms with van der Waals surface area (Å²) in [6, 6.07) is 4.20. The van der Waals surface area contributed by atoms with Gasteiger partial charge >= 0.3 is 0 Å². The van der Waals surface area contributed by atoms with Crippen LogP contribution in [0.1, 0.15) is 6.92 Å². The van der Waals surface area contributed by atoms with Crippen molar-refractivity contribution in [2.45, 2.75) is 6.92 Å². The summed E-state index contributed by atoms with van der Waals surface area (Å²) >= 11 is 0. The summed E-state index contributed by atoms with van der Waals surface area (Å²) in [5, 5.41) is 10.4. The molecule has 6 nitrogen and oxygen atoms in total. The zero-order chi connectivity index (χ0) is 10.6. The van der Waals surface area contributed by atoms with E-state index in [4.69, 9.17) is 10.6 Å². The lowest BCUT2D eigenvalue weighted by molar-refractivity contribution is -0.384. The molecule has 1 rings (SSSR count). The van der Waals surface area contributed by atoms with Crippen LogP contribution >= 0.6 is 0 Å². The highest BCUT2D eigenvalue weighted by Gasteiger charge is 2.10. The minimum atomic E-state index is -0.490. The number of hydrogen-bond acceptors (Lipinski definition) is 5. The Hall–Kier alpha value is -1.82. The first-order valence-corrected chi connectivity index (χ1v) is 4.07. The van der Waals surface area contributed by atoms with Crippen molar-refractivity contribution in [3.63, 3.8) is 0 Å². The second kappa shape index (κ2) is 4.43. The van der Waals surface area contributed by atoms with Gasteiger partial charge in [0.2, 0.25) is 0 Å². The predicted octanol–water partition coefficient (Wildman–Crippen LogP) is 1.28. The van der Waals surface area contributed by atoms with Crippen LogP contribution in [0.3, 0.4) is 0 Å². The van der Waals surface area contributed by atoms with Gasteiger partial charge in [0.25, 0.3) is 5.69 Å². The monoisotopic (exact) mass is 197 g/mol. The van der Waals surface area contributed by atoms with Crippen LogP contribution in [-0.4, -0.2) is 11.5 Å². The second-order valence-corrected chi connectivity index (χ2v) is 2.51. The van der Waals surface area contributed by atoms with Crippen LogP contribution in [0.15, 0.2) is 18.2 Å². The average Bonchev–Trinajstić information content (AvgIpc) is 2.18. The number of nitrogens with zero attached hydrogens (tertiary/aromatic N) is 1. The predicted molar refractivity (Wildman–Crippen MR) is 52.1 cm³/mol. The summed E-state index contributed by atoms with van der Waals surface area (Å²) in [6.07, 6.45) is 0. The number of nitrogens with one attached hydrogen (secondary N) is 1. The van der Waals surface area contributed by atoms with Crippen LogP contribution in [0, 0.1) is 10.1 Å². The van der Waals surface area contributed by atoms with Gasteiger partial charge in [-0.25, -0.2) is 0 Å². The number of nitro benzene ring substituents is 1. The molecular weight excluding hydrogens is 186 g/mol. The van der Waals surface area contributed by atoms with Crippen LogP contribution in [0.5, 0.6) is 5.75 Å². The average molecular weight is 197 g/mol. The number of benzene rings is 1. The normalized spacial score (nSPS) is 9.57. The quantitative estimate of drug-likeness (QED) is 0.431. The molecule has 6 heteroatoms. The van der Waals surface area contributed by atoms with Crippen molar-refractivity contribution in [2.24, 2.45) is 5.84 Å². The maximum Gasteiger partial charge on any atom is 0.271 e. The van der Waals surface area contributed by atoms with Gasteiger partial charge < -0.3 is 10.2 Å². The van der Waals surface area contributed by atoms with Crippen molar-refractivity contribution in [1.82, 2.24) is 0 Å². The SMILES string of the molecule is CCOc1ccc([N+](=O)[O-])cc1NN. The molecule has 0 bridgehead atoms. The molecule has 1 aromatic rings. The van der Waals surface area contributed by atoms with E-state index in [0.717, 1.165) is 0 Å². The van der Waals surface area contributed by atoms with Gasteiger partial charge in [0, 0.05) is 12.1 Å². The number of non-ortho nitro benzene ring substituents is 1. The zero-order valence-electron chi connectivity index (χ0n) is 7.69. The maximum atomic E-state index is 10.4. The van der Waals surface area contributed by atoms with E-state index in [9.17, 15) is 10.1 Å². The number of ether oxygens (including phenoxy) is 1. The molecule has 0 fully saturated rings. The molecule has 14 heavy (non-hydrogen) atoms. The molecule has 1 aromatic carbocycles. The molecule has 0 spiro atoms. The van der Waals surface area contributed by atoms with Gasteiger partial charge in [-0.3, -0.25) is 16.0 Å². The molecule has 0 saturated heterocycles. The Morgan fingerprint density at radius 2 is 2.36 bits per heavy atom. The van der Waals surface area contributed by atoms with Crippen LogP contribution in [0.25, 0.3) is 0 Å². The molecule has 0 aliphatic heterocycles. The third kappa shape index (κ3) is 2.11. The molecule has 0 aliphatic carbocycles. The molecule has 0 heterocycles. The van der Waals surface area contributed by atoms with Crippen molar-refractivity contribution in [3.05, 3.63) is 28.3 Å². The summed E-state index contributed by atoms with van der Waals surface area (Å²) < 4.78 is 5.20. The number of hydrogen-bond donors (Lipinski definition) is 2. The summed E-state index contributed by atoms with van der Waals surface area (Å²) in [5.74, 6) is 5.70. The van der Waals surface area contributed by atoms with Gasteiger partial charge in [0.15, 0.2) is 0 Å². The third-order valence-corrected chi connectivity index (χ3v) is 1.63. The zero-order valence-corrected chi connectivity index (χ0v) is 7.69. The van der Waals surface area contributed by atoms with E-state index >= 15 is 0 Å². The molecule has 3 N–H and O–H groups in total. The number of nitrogen functional groups attached to an aromatic ring is 1. The van der Waals surface area contributed by atoms with Crippen LogP contribution in [0.2, 0.25) is 0 Å². The molecule has 0 aliphatic rings. The maximum absolute atomic E-state index is 10.4. The fourth-order valence-electron chi connectivity index (χ4n) is 1.03. The van der Waals surface area contributed by atoms with Gasteiger partial charge in [0.1, 0.15) is 5.75 Å². The first-order chi connectivity index (χ1) is 6.69. The lowest BCUT2D eigenvalue weighted by Gasteiger charge is -2.08. The number of nitrogens with two attached hydrogens (primary N) is 1. The van der Waals surface area contributed by atoms with Gasteiger partial charge in [-0.15, -0.1) is 0 Å². The summed E-state index contributed by atoms with van der Waals surface area (Å²) in [5.41, 5.74) is 2.72. The van der Waals surface area contributed by atoms with Gasteiger partial charge in [-0.1, -0.05) is 0 Å². The molecule has 0 saturated carbocycles. The minimum absolute atomic E-state index is 0.0265. The van der Waals surface area contributed by atoms with E-state index < -0.39 is 4.92 Å². The van der Waals surface area contributed by atoms with Crippen molar-refractivity contribution in [2.75, 3.05) is 12.0 Å². The first kappa shape index (κ1) is 10.3. The molecule has 0 amide bonds. The van der Waals surface area contributed by atoms with E-state index in [2.05, 4.69) is 5.43 Å². The van der Waals surface area contributed by atoms with Crippen molar-refractivity contribution in [1.29, 1.82) is 0 Å². The summed E-state index contributed by atoms with van der Waals surface area (Å²) in [6.45, 7) is 2.30. The van der Waals surface area contributed by atoms with Gasteiger partial charge in [-0.05, 0) is 13.0 Å². The summed E-state index contributed by atoms with van der Waals surface area (Å²) in [7, 11) is 0. The lowest BCUT2D eigenvalue weighted by atomic mass is 10.2. The molecular formula is C8H11N3O3. The second-order valence-electron chi connectivity index (χ2n) is 2.51. The largest absolute Gasteiger partial charge is 0.492 e. The van der Waals surface area contributed by atoms with Gasteiger partial charge in [-0.2, -0.15) is 0 Å². The minimum Gasteiger partial charge on any atom is -0.492 e. The number of anilines is 1. The standard InChI is InChI=1S/C8H11N3O3/c1-2-14-8-4-3-6(11(12)13)5-7(8)10-9/h3-5,10H,2,9H2,1H3. The molecule has 0 unspecified atom stereocenters. The van der Waals surface area contributed by atoms with Gasteiger partial charge in [0.05, 0.1) is 17.2 Å². The molecule has 0 radical (unpaired) electrons.